The maximum atomic E-state index is 11.3. The highest BCUT2D eigenvalue weighted by molar-refractivity contribution is 6.39. The fourth-order valence-corrected chi connectivity index (χ4v) is 1.16. The fraction of sp³-hybridized carbons (Fsp3) is 0.143. The van der Waals surface area contributed by atoms with Crippen LogP contribution in [0.25, 0.3) is 6.08 Å². The van der Waals surface area contributed by atoms with E-state index in [4.69, 9.17) is 4.74 Å². The SMILES string of the molecule is C=CCOC(=O)C(=O)C=Cc1ccc(OC)cc1. The van der Waals surface area contributed by atoms with Gasteiger partial charge in [-0.2, -0.15) is 0 Å². The van der Waals surface area contributed by atoms with E-state index in [0.29, 0.717) is 0 Å². The van der Waals surface area contributed by atoms with Crippen molar-refractivity contribution in [3.8, 4) is 5.75 Å². The number of benzene rings is 1. The van der Waals surface area contributed by atoms with E-state index >= 15 is 0 Å². The Morgan fingerprint density at radius 1 is 1.28 bits per heavy atom. The molecule has 0 aliphatic heterocycles. The van der Waals surface area contributed by atoms with Gasteiger partial charge in [-0.05, 0) is 23.8 Å². The zero-order valence-corrected chi connectivity index (χ0v) is 10.1. The summed E-state index contributed by atoms with van der Waals surface area (Å²) in [5.74, 6) is -0.865. The second-order valence-corrected chi connectivity index (χ2v) is 3.36. The van der Waals surface area contributed by atoms with E-state index < -0.39 is 11.8 Å². The first-order valence-electron chi connectivity index (χ1n) is 5.31. The first kappa shape index (κ1) is 13.7. The maximum absolute atomic E-state index is 11.3. The van der Waals surface area contributed by atoms with Crippen molar-refractivity contribution in [3.05, 3.63) is 48.6 Å². The number of carbonyl (C=O) groups is 2. The first-order chi connectivity index (χ1) is 8.67. The summed E-state index contributed by atoms with van der Waals surface area (Å²) in [5.41, 5.74) is 0.792. The van der Waals surface area contributed by atoms with Crippen LogP contribution in [0.3, 0.4) is 0 Å². The molecule has 0 saturated carbocycles. The van der Waals surface area contributed by atoms with Crippen molar-refractivity contribution in [2.75, 3.05) is 13.7 Å². The number of methoxy groups -OCH3 is 1. The van der Waals surface area contributed by atoms with Crippen molar-refractivity contribution in [1.82, 2.24) is 0 Å². The van der Waals surface area contributed by atoms with Crippen LogP contribution >= 0.6 is 0 Å². The Hall–Kier alpha value is -2.36. The molecule has 18 heavy (non-hydrogen) atoms. The molecule has 0 aromatic heterocycles. The Balaban J connectivity index is 2.59. The largest absolute Gasteiger partial charge is 0.497 e. The molecule has 94 valence electrons. The molecular weight excluding hydrogens is 232 g/mol. The smallest absolute Gasteiger partial charge is 0.379 e. The lowest BCUT2D eigenvalue weighted by molar-refractivity contribution is -0.150. The van der Waals surface area contributed by atoms with Gasteiger partial charge >= 0.3 is 5.97 Å². The molecule has 0 aliphatic rings. The normalized spacial score (nSPS) is 10.1. The van der Waals surface area contributed by atoms with Crippen LogP contribution in [0.1, 0.15) is 5.56 Å². The Bertz CT molecular complexity index is 457. The molecule has 1 aromatic carbocycles. The zero-order chi connectivity index (χ0) is 13.4. The Labute approximate surface area is 106 Å². The number of rotatable bonds is 6. The summed E-state index contributed by atoms with van der Waals surface area (Å²) >= 11 is 0. The topological polar surface area (TPSA) is 52.6 Å². The van der Waals surface area contributed by atoms with Crippen molar-refractivity contribution in [3.63, 3.8) is 0 Å². The third-order valence-electron chi connectivity index (χ3n) is 2.08. The average Bonchev–Trinajstić information content (AvgIpc) is 2.42. The van der Waals surface area contributed by atoms with Crippen LogP contribution in [-0.4, -0.2) is 25.5 Å². The molecule has 1 aromatic rings. The van der Waals surface area contributed by atoms with E-state index in [-0.39, 0.29) is 6.61 Å². The predicted octanol–water partition coefficient (Wildman–Crippen LogP) is 2.01. The molecule has 0 unspecified atom stereocenters. The average molecular weight is 246 g/mol. The van der Waals surface area contributed by atoms with Crippen LogP contribution in [0.5, 0.6) is 5.75 Å². The van der Waals surface area contributed by atoms with Gasteiger partial charge in [-0.25, -0.2) is 4.79 Å². The molecule has 0 spiro atoms. The van der Waals surface area contributed by atoms with Crippen molar-refractivity contribution < 1.29 is 19.1 Å². The number of esters is 1. The van der Waals surface area contributed by atoms with E-state index in [0.717, 1.165) is 11.3 Å². The highest BCUT2D eigenvalue weighted by Gasteiger charge is 2.10. The van der Waals surface area contributed by atoms with Gasteiger partial charge in [-0.1, -0.05) is 30.9 Å². The van der Waals surface area contributed by atoms with Gasteiger partial charge in [0.1, 0.15) is 12.4 Å². The fourth-order valence-electron chi connectivity index (χ4n) is 1.16. The minimum absolute atomic E-state index is 0.0287. The lowest BCUT2D eigenvalue weighted by atomic mass is 10.2. The predicted molar refractivity (Wildman–Crippen MR) is 68.2 cm³/mol. The van der Waals surface area contributed by atoms with Crippen molar-refractivity contribution in [2.24, 2.45) is 0 Å². The van der Waals surface area contributed by atoms with Gasteiger partial charge in [0.15, 0.2) is 0 Å². The third kappa shape index (κ3) is 4.25. The molecule has 0 radical (unpaired) electrons. The minimum Gasteiger partial charge on any atom is -0.497 e. The second-order valence-electron chi connectivity index (χ2n) is 3.36. The van der Waals surface area contributed by atoms with Crippen LogP contribution in [-0.2, 0) is 14.3 Å². The van der Waals surface area contributed by atoms with E-state index in [2.05, 4.69) is 11.3 Å². The molecular formula is C14H14O4. The third-order valence-corrected chi connectivity index (χ3v) is 2.08. The van der Waals surface area contributed by atoms with Gasteiger partial charge in [0.05, 0.1) is 7.11 Å². The quantitative estimate of drug-likeness (QED) is 0.333. The molecule has 4 nitrogen and oxygen atoms in total. The number of ether oxygens (including phenoxy) is 2. The molecule has 0 amide bonds. The molecule has 0 bridgehead atoms. The molecule has 0 saturated heterocycles. The number of hydrogen-bond acceptors (Lipinski definition) is 4. The molecule has 0 N–H and O–H groups in total. The summed E-state index contributed by atoms with van der Waals surface area (Å²) in [4.78, 5) is 22.5. The summed E-state index contributed by atoms with van der Waals surface area (Å²) in [6, 6.07) is 7.08. The highest BCUT2D eigenvalue weighted by atomic mass is 16.5. The maximum Gasteiger partial charge on any atom is 0.379 e. The van der Waals surface area contributed by atoms with Gasteiger partial charge in [0, 0.05) is 0 Å². The van der Waals surface area contributed by atoms with E-state index in [1.54, 1.807) is 31.4 Å². The highest BCUT2D eigenvalue weighted by Crippen LogP contribution is 2.12. The number of carbonyl (C=O) groups excluding carboxylic acids is 2. The van der Waals surface area contributed by atoms with Crippen molar-refractivity contribution >= 4 is 17.8 Å². The second kappa shape index (κ2) is 7.06. The van der Waals surface area contributed by atoms with Crippen molar-refractivity contribution in [2.45, 2.75) is 0 Å². The molecule has 0 fully saturated rings. The molecule has 0 aliphatic carbocycles. The summed E-state index contributed by atoms with van der Waals surface area (Å²) in [7, 11) is 1.57. The summed E-state index contributed by atoms with van der Waals surface area (Å²) in [6.07, 6.45) is 4.11. The monoisotopic (exact) mass is 246 g/mol. The lowest BCUT2D eigenvalue weighted by Crippen LogP contribution is -2.14. The number of hydrogen-bond donors (Lipinski definition) is 0. The zero-order valence-electron chi connectivity index (χ0n) is 10.1. The Kier molecular flexibility index (Phi) is 5.38. The standard InChI is InChI=1S/C14H14O4/c1-3-10-18-14(16)13(15)9-6-11-4-7-12(17-2)8-5-11/h3-9H,1,10H2,2H3. The van der Waals surface area contributed by atoms with Gasteiger partial charge in [0.25, 0.3) is 5.78 Å². The van der Waals surface area contributed by atoms with Crippen LogP contribution in [0.4, 0.5) is 0 Å². The van der Waals surface area contributed by atoms with Gasteiger partial charge in [-0.15, -0.1) is 0 Å². The van der Waals surface area contributed by atoms with E-state index in [1.165, 1.54) is 18.2 Å². The van der Waals surface area contributed by atoms with Crippen LogP contribution < -0.4 is 4.74 Å². The van der Waals surface area contributed by atoms with Crippen molar-refractivity contribution in [1.29, 1.82) is 0 Å². The summed E-state index contributed by atoms with van der Waals surface area (Å²) < 4.78 is 9.60. The first-order valence-corrected chi connectivity index (χ1v) is 5.31. The van der Waals surface area contributed by atoms with Crippen LogP contribution in [0.2, 0.25) is 0 Å². The number of ketones is 1. The lowest BCUT2D eigenvalue weighted by Gasteiger charge is -1.99. The Morgan fingerprint density at radius 2 is 1.94 bits per heavy atom. The van der Waals surface area contributed by atoms with E-state index in [1.807, 2.05) is 0 Å². The molecule has 1 rings (SSSR count). The van der Waals surface area contributed by atoms with Gasteiger partial charge in [0.2, 0.25) is 0 Å². The molecule has 4 heteroatoms. The Morgan fingerprint density at radius 3 is 2.50 bits per heavy atom. The van der Waals surface area contributed by atoms with Crippen LogP contribution in [0, 0.1) is 0 Å². The van der Waals surface area contributed by atoms with Crippen LogP contribution in [0.15, 0.2) is 43.0 Å². The summed E-state index contributed by atoms with van der Waals surface area (Å²) in [6.45, 7) is 3.41. The molecule has 0 atom stereocenters. The summed E-state index contributed by atoms with van der Waals surface area (Å²) in [5, 5.41) is 0. The minimum atomic E-state index is -0.889. The van der Waals surface area contributed by atoms with Gasteiger partial charge < -0.3 is 9.47 Å². The van der Waals surface area contributed by atoms with E-state index in [9.17, 15) is 9.59 Å². The van der Waals surface area contributed by atoms with Gasteiger partial charge in [-0.3, -0.25) is 4.79 Å². The molecule has 0 heterocycles.